The Morgan fingerprint density at radius 3 is 2.90 bits per heavy atom. The van der Waals surface area contributed by atoms with Crippen LogP contribution in [0.2, 0.25) is 0 Å². The fourth-order valence-corrected chi connectivity index (χ4v) is 1.80. The van der Waals surface area contributed by atoms with Crippen LogP contribution in [0.3, 0.4) is 0 Å². The molecule has 1 aromatic carbocycles. The second-order valence-electron chi connectivity index (χ2n) is 4.61. The molecule has 106 valence electrons. The number of fused-ring (bicyclic) bond motifs is 1. The average Bonchev–Trinajstić information content (AvgIpc) is 2.42. The van der Waals surface area contributed by atoms with Gasteiger partial charge in [0.05, 0.1) is 23.8 Å². The molecule has 1 heterocycles. The topological polar surface area (TPSA) is 84.3 Å². The van der Waals surface area contributed by atoms with Crippen molar-refractivity contribution in [1.29, 1.82) is 0 Å². The molecule has 0 aliphatic rings. The van der Waals surface area contributed by atoms with Crippen molar-refractivity contribution < 1.29 is 14.6 Å². The van der Waals surface area contributed by atoms with Gasteiger partial charge < -0.3 is 15.2 Å². The molecular formula is C14H17N3O3. The second-order valence-corrected chi connectivity index (χ2v) is 4.61. The first-order chi connectivity index (χ1) is 9.58. The summed E-state index contributed by atoms with van der Waals surface area (Å²) in [4.78, 5) is 19.2. The van der Waals surface area contributed by atoms with E-state index in [4.69, 9.17) is 9.84 Å². The van der Waals surface area contributed by atoms with Crippen molar-refractivity contribution in [2.24, 2.45) is 0 Å². The number of carboxylic acids is 1. The number of carboxylic acid groups (broad SMARTS) is 1. The largest absolute Gasteiger partial charge is 0.478 e. The van der Waals surface area contributed by atoms with Gasteiger partial charge in [-0.05, 0) is 32.0 Å². The number of hydrogen-bond acceptors (Lipinski definition) is 5. The molecule has 0 spiro atoms. The van der Waals surface area contributed by atoms with Crippen molar-refractivity contribution in [2.45, 2.75) is 20.0 Å². The lowest BCUT2D eigenvalue weighted by atomic mass is 10.1. The maximum atomic E-state index is 10.9. The number of aromatic carboxylic acids is 1. The van der Waals surface area contributed by atoms with E-state index in [1.54, 1.807) is 12.1 Å². The summed E-state index contributed by atoms with van der Waals surface area (Å²) in [5.74, 6) is -0.287. The predicted octanol–water partition coefficient (Wildman–Crippen LogP) is 2.16. The number of hydrogen-bond donors (Lipinski definition) is 2. The molecule has 0 amide bonds. The van der Waals surface area contributed by atoms with Crippen LogP contribution in [0.5, 0.6) is 0 Å². The van der Waals surface area contributed by atoms with Gasteiger partial charge in [-0.3, -0.25) is 0 Å². The molecule has 0 unspecified atom stereocenters. The van der Waals surface area contributed by atoms with Gasteiger partial charge in [-0.1, -0.05) is 0 Å². The summed E-state index contributed by atoms with van der Waals surface area (Å²) in [6.07, 6.45) is 1.61. The first-order valence-corrected chi connectivity index (χ1v) is 6.41. The summed E-state index contributed by atoms with van der Waals surface area (Å²) in [6.45, 7) is 5.17. The predicted molar refractivity (Wildman–Crippen MR) is 76.1 cm³/mol. The summed E-state index contributed by atoms with van der Waals surface area (Å²) < 4.78 is 5.44. The Hall–Kier alpha value is -2.21. The molecule has 2 rings (SSSR count). The van der Waals surface area contributed by atoms with E-state index < -0.39 is 5.97 Å². The third-order valence-corrected chi connectivity index (χ3v) is 2.73. The van der Waals surface area contributed by atoms with Gasteiger partial charge in [-0.15, -0.1) is 0 Å². The van der Waals surface area contributed by atoms with Crippen LogP contribution in [-0.2, 0) is 4.74 Å². The Labute approximate surface area is 116 Å². The number of ether oxygens (including phenoxy) is 1. The summed E-state index contributed by atoms with van der Waals surface area (Å²) in [5.41, 5.74) is 0.817. The third-order valence-electron chi connectivity index (χ3n) is 2.73. The van der Waals surface area contributed by atoms with Crippen molar-refractivity contribution in [3.05, 3.63) is 30.1 Å². The molecule has 0 radical (unpaired) electrons. The number of aromatic nitrogens is 2. The van der Waals surface area contributed by atoms with E-state index in [9.17, 15) is 4.79 Å². The molecular weight excluding hydrogens is 258 g/mol. The van der Waals surface area contributed by atoms with E-state index >= 15 is 0 Å². The number of benzene rings is 1. The van der Waals surface area contributed by atoms with Crippen molar-refractivity contribution in [1.82, 2.24) is 9.97 Å². The number of rotatable bonds is 6. The number of nitrogens with zero attached hydrogens (tertiary/aromatic N) is 2. The summed E-state index contributed by atoms with van der Waals surface area (Å²) >= 11 is 0. The lowest BCUT2D eigenvalue weighted by molar-refractivity contribution is 0.0697. The highest BCUT2D eigenvalue weighted by molar-refractivity contribution is 5.96. The fourth-order valence-electron chi connectivity index (χ4n) is 1.80. The van der Waals surface area contributed by atoms with Crippen LogP contribution < -0.4 is 5.32 Å². The highest BCUT2D eigenvalue weighted by atomic mass is 16.5. The normalized spacial score (nSPS) is 10.9. The number of carbonyl (C=O) groups is 1. The minimum Gasteiger partial charge on any atom is -0.478 e. The van der Waals surface area contributed by atoms with Crippen LogP contribution >= 0.6 is 0 Å². The quantitative estimate of drug-likeness (QED) is 0.786. The van der Waals surface area contributed by atoms with Crippen LogP contribution in [0.1, 0.15) is 24.2 Å². The molecule has 6 heteroatoms. The Kier molecular flexibility index (Phi) is 4.47. The molecule has 20 heavy (non-hydrogen) atoms. The van der Waals surface area contributed by atoms with Gasteiger partial charge in [0.1, 0.15) is 12.1 Å². The monoisotopic (exact) mass is 275 g/mol. The van der Waals surface area contributed by atoms with E-state index in [-0.39, 0.29) is 11.7 Å². The lowest BCUT2D eigenvalue weighted by Crippen LogP contribution is -2.14. The summed E-state index contributed by atoms with van der Waals surface area (Å²) in [5, 5.41) is 12.9. The van der Waals surface area contributed by atoms with Crippen LogP contribution in [0, 0.1) is 0 Å². The fraction of sp³-hybridized carbons (Fsp3) is 0.357. The van der Waals surface area contributed by atoms with Gasteiger partial charge in [-0.2, -0.15) is 0 Å². The summed E-state index contributed by atoms with van der Waals surface area (Å²) in [7, 11) is 0. The third kappa shape index (κ3) is 3.42. The molecule has 0 aliphatic carbocycles. The molecule has 0 fully saturated rings. The molecule has 2 N–H and O–H groups in total. The van der Waals surface area contributed by atoms with Crippen LogP contribution in [0.15, 0.2) is 24.5 Å². The van der Waals surface area contributed by atoms with E-state index in [1.807, 2.05) is 13.8 Å². The van der Waals surface area contributed by atoms with Crippen LogP contribution in [0.25, 0.3) is 10.9 Å². The van der Waals surface area contributed by atoms with E-state index in [1.165, 1.54) is 12.4 Å². The zero-order valence-electron chi connectivity index (χ0n) is 11.5. The van der Waals surface area contributed by atoms with Gasteiger partial charge in [0.25, 0.3) is 0 Å². The van der Waals surface area contributed by atoms with Gasteiger partial charge in [0, 0.05) is 11.9 Å². The maximum absolute atomic E-state index is 10.9. The first kappa shape index (κ1) is 14.2. The second kappa shape index (κ2) is 6.29. The highest BCUT2D eigenvalue weighted by Gasteiger charge is 2.07. The van der Waals surface area contributed by atoms with Crippen molar-refractivity contribution in [2.75, 3.05) is 18.5 Å². The molecule has 0 bridgehead atoms. The number of anilines is 1. The zero-order valence-corrected chi connectivity index (χ0v) is 11.5. The Bertz CT molecular complexity index is 614. The molecule has 1 aromatic heterocycles. The molecule has 2 aromatic rings. The van der Waals surface area contributed by atoms with Crippen molar-refractivity contribution in [3.8, 4) is 0 Å². The van der Waals surface area contributed by atoms with Gasteiger partial charge in [-0.25, -0.2) is 14.8 Å². The van der Waals surface area contributed by atoms with E-state index in [0.29, 0.717) is 24.5 Å². The van der Waals surface area contributed by atoms with Gasteiger partial charge >= 0.3 is 5.97 Å². The Morgan fingerprint density at radius 1 is 1.40 bits per heavy atom. The molecule has 0 saturated carbocycles. The standard InChI is InChI=1S/C14H17N3O3/c1-9(2)20-6-5-15-13-11-4-3-10(14(18)19)7-12(11)16-8-17-13/h3-4,7-9H,5-6H2,1-2H3,(H,18,19)(H,15,16,17). The van der Waals surface area contributed by atoms with E-state index in [0.717, 1.165) is 5.39 Å². The molecule has 0 aliphatic heterocycles. The smallest absolute Gasteiger partial charge is 0.335 e. The Morgan fingerprint density at radius 2 is 2.20 bits per heavy atom. The molecule has 0 atom stereocenters. The van der Waals surface area contributed by atoms with Crippen LogP contribution in [0.4, 0.5) is 5.82 Å². The molecule has 0 saturated heterocycles. The van der Waals surface area contributed by atoms with Crippen molar-refractivity contribution in [3.63, 3.8) is 0 Å². The minimum absolute atomic E-state index is 0.192. The Balaban J connectivity index is 2.15. The number of nitrogens with one attached hydrogen (secondary N) is 1. The summed E-state index contributed by atoms with van der Waals surface area (Å²) in [6, 6.07) is 4.80. The molecule has 6 nitrogen and oxygen atoms in total. The zero-order chi connectivity index (χ0) is 14.5. The average molecular weight is 275 g/mol. The van der Waals surface area contributed by atoms with Crippen molar-refractivity contribution >= 4 is 22.7 Å². The van der Waals surface area contributed by atoms with Gasteiger partial charge in [0.15, 0.2) is 0 Å². The maximum Gasteiger partial charge on any atom is 0.335 e. The SMILES string of the molecule is CC(C)OCCNc1ncnc2cc(C(=O)O)ccc12. The van der Waals surface area contributed by atoms with Crippen LogP contribution in [-0.4, -0.2) is 40.3 Å². The first-order valence-electron chi connectivity index (χ1n) is 6.41. The highest BCUT2D eigenvalue weighted by Crippen LogP contribution is 2.20. The van der Waals surface area contributed by atoms with E-state index in [2.05, 4.69) is 15.3 Å². The minimum atomic E-state index is -0.967. The lowest BCUT2D eigenvalue weighted by Gasteiger charge is -2.10. The van der Waals surface area contributed by atoms with Gasteiger partial charge in [0.2, 0.25) is 0 Å².